The Morgan fingerprint density at radius 2 is 1.85 bits per heavy atom. The summed E-state index contributed by atoms with van der Waals surface area (Å²) in [4.78, 5) is 24.2. The summed E-state index contributed by atoms with van der Waals surface area (Å²) >= 11 is 0. The van der Waals surface area contributed by atoms with Gasteiger partial charge in [0.05, 0.1) is 10.5 Å². The molecule has 0 aliphatic heterocycles. The summed E-state index contributed by atoms with van der Waals surface area (Å²) in [7, 11) is -3.76. The molecule has 1 aromatic carbocycles. The molecule has 9 heteroatoms. The predicted octanol–water partition coefficient (Wildman–Crippen LogP) is 1.44. The minimum atomic E-state index is -3.76. The van der Waals surface area contributed by atoms with E-state index in [0.717, 1.165) is 0 Å². The Hall–Kier alpha value is -2.91. The molecule has 0 aliphatic carbocycles. The van der Waals surface area contributed by atoms with Crippen LogP contribution < -0.4 is 15.6 Å². The summed E-state index contributed by atoms with van der Waals surface area (Å²) in [6, 6.07) is 6.98. The Labute approximate surface area is 151 Å². The van der Waals surface area contributed by atoms with Crippen molar-refractivity contribution in [3.8, 4) is 0 Å². The fraction of sp³-hybridized carbons (Fsp3) is 0.176. The van der Waals surface area contributed by atoms with Crippen LogP contribution >= 0.6 is 0 Å². The van der Waals surface area contributed by atoms with Gasteiger partial charge in [-0.2, -0.15) is 0 Å². The van der Waals surface area contributed by atoms with E-state index in [1.165, 1.54) is 30.3 Å². The molecule has 138 valence electrons. The quantitative estimate of drug-likeness (QED) is 0.520. The van der Waals surface area contributed by atoms with E-state index in [0.29, 0.717) is 17.1 Å². The van der Waals surface area contributed by atoms with E-state index in [1.54, 1.807) is 19.9 Å². The molecule has 26 heavy (non-hydrogen) atoms. The summed E-state index contributed by atoms with van der Waals surface area (Å²) in [5, 5.41) is 0. The molecule has 0 saturated carbocycles. The first-order chi connectivity index (χ1) is 12.2. The molecule has 0 saturated heterocycles. The van der Waals surface area contributed by atoms with Gasteiger partial charge in [0, 0.05) is 12.1 Å². The maximum atomic E-state index is 12.2. The molecule has 0 atom stereocenters. The molecule has 0 radical (unpaired) electrons. The van der Waals surface area contributed by atoms with E-state index in [4.69, 9.17) is 4.42 Å². The van der Waals surface area contributed by atoms with Gasteiger partial charge in [-0.1, -0.05) is 12.1 Å². The number of hydrogen-bond acceptors (Lipinski definition) is 5. The molecule has 0 unspecified atom stereocenters. The van der Waals surface area contributed by atoms with Gasteiger partial charge in [-0.05, 0) is 38.1 Å². The zero-order valence-corrected chi connectivity index (χ0v) is 15.1. The molecular formula is C17H19N3O5S. The first kappa shape index (κ1) is 19.4. The second-order valence-electron chi connectivity index (χ2n) is 5.40. The van der Waals surface area contributed by atoms with E-state index in [9.17, 15) is 18.0 Å². The van der Waals surface area contributed by atoms with Crippen molar-refractivity contribution in [3.05, 3.63) is 65.6 Å². The molecule has 8 nitrogen and oxygen atoms in total. The van der Waals surface area contributed by atoms with Crippen molar-refractivity contribution < 1.29 is 22.4 Å². The SMILES string of the molecule is C=CCNS(=O)(=O)c1cccc(C(=O)NNC(=O)c2cc(C)oc2C)c1. The number of nitrogens with one attached hydrogen (secondary N) is 3. The molecule has 2 rings (SSSR count). The highest BCUT2D eigenvalue weighted by molar-refractivity contribution is 7.89. The Morgan fingerprint density at radius 1 is 1.15 bits per heavy atom. The van der Waals surface area contributed by atoms with Gasteiger partial charge < -0.3 is 4.42 Å². The summed E-state index contributed by atoms with van der Waals surface area (Å²) in [5.41, 5.74) is 4.89. The van der Waals surface area contributed by atoms with Gasteiger partial charge in [0.2, 0.25) is 10.0 Å². The third-order valence-electron chi connectivity index (χ3n) is 3.40. The predicted molar refractivity (Wildman–Crippen MR) is 94.9 cm³/mol. The average Bonchev–Trinajstić information content (AvgIpc) is 2.96. The van der Waals surface area contributed by atoms with Crippen LogP contribution in [0.1, 0.15) is 32.2 Å². The van der Waals surface area contributed by atoms with Crippen LogP contribution in [0.2, 0.25) is 0 Å². The number of rotatable bonds is 6. The molecule has 1 heterocycles. The average molecular weight is 377 g/mol. The number of hydrogen-bond donors (Lipinski definition) is 3. The molecule has 2 amide bonds. The summed E-state index contributed by atoms with van der Waals surface area (Å²) in [6.07, 6.45) is 1.41. The van der Waals surface area contributed by atoms with Crippen LogP contribution in [0.3, 0.4) is 0 Å². The second-order valence-corrected chi connectivity index (χ2v) is 7.17. The van der Waals surface area contributed by atoms with E-state index in [1.807, 2.05) is 0 Å². The third kappa shape index (κ3) is 4.58. The zero-order valence-electron chi connectivity index (χ0n) is 14.3. The molecule has 1 aromatic heterocycles. The number of carbonyl (C=O) groups excluding carboxylic acids is 2. The van der Waals surface area contributed by atoms with Crippen LogP contribution in [-0.4, -0.2) is 26.8 Å². The highest BCUT2D eigenvalue weighted by atomic mass is 32.2. The molecule has 0 bridgehead atoms. The molecular weight excluding hydrogens is 358 g/mol. The van der Waals surface area contributed by atoms with Gasteiger partial charge in [-0.15, -0.1) is 6.58 Å². The fourth-order valence-electron chi connectivity index (χ4n) is 2.17. The van der Waals surface area contributed by atoms with Crippen molar-refractivity contribution in [2.24, 2.45) is 0 Å². The largest absolute Gasteiger partial charge is 0.466 e. The van der Waals surface area contributed by atoms with Crippen molar-refractivity contribution in [2.75, 3.05) is 6.54 Å². The number of aryl methyl sites for hydroxylation is 2. The third-order valence-corrected chi connectivity index (χ3v) is 4.82. The Balaban J connectivity index is 2.08. The van der Waals surface area contributed by atoms with E-state index >= 15 is 0 Å². The van der Waals surface area contributed by atoms with Gasteiger partial charge in [-0.25, -0.2) is 13.1 Å². The molecule has 0 aliphatic rings. The lowest BCUT2D eigenvalue weighted by molar-refractivity contribution is 0.0845. The topological polar surface area (TPSA) is 118 Å². The number of amides is 2. The van der Waals surface area contributed by atoms with E-state index < -0.39 is 21.8 Å². The fourth-order valence-corrected chi connectivity index (χ4v) is 3.21. The number of sulfonamides is 1. The van der Waals surface area contributed by atoms with Crippen LogP contribution in [0.4, 0.5) is 0 Å². The minimum Gasteiger partial charge on any atom is -0.466 e. The van der Waals surface area contributed by atoms with Gasteiger partial charge in [-0.3, -0.25) is 20.4 Å². The summed E-state index contributed by atoms with van der Waals surface area (Å²) < 4.78 is 31.7. The first-order valence-corrected chi connectivity index (χ1v) is 9.11. The van der Waals surface area contributed by atoms with Gasteiger partial charge in [0.1, 0.15) is 11.5 Å². The van der Waals surface area contributed by atoms with Gasteiger partial charge >= 0.3 is 0 Å². The number of carbonyl (C=O) groups is 2. The summed E-state index contributed by atoms with van der Waals surface area (Å²) in [6.45, 7) is 6.84. The zero-order chi connectivity index (χ0) is 19.3. The Bertz CT molecular complexity index is 947. The summed E-state index contributed by atoms with van der Waals surface area (Å²) in [5.74, 6) is -0.194. The van der Waals surface area contributed by atoms with Crippen molar-refractivity contribution in [3.63, 3.8) is 0 Å². The highest BCUT2D eigenvalue weighted by Gasteiger charge is 2.17. The van der Waals surface area contributed by atoms with Crippen molar-refractivity contribution >= 4 is 21.8 Å². The van der Waals surface area contributed by atoms with Crippen molar-refractivity contribution in [2.45, 2.75) is 18.7 Å². The van der Waals surface area contributed by atoms with Crippen LogP contribution in [0.5, 0.6) is 0 Å². The smallest absolute Gasteiger partial charge is 0.273 e. The number of furan rings is 1. The lowest BCUT2D eigenvalue weighted by Gasteiger charge is -2.09. The number of hydrazine groups is 1. The van der Waals surface area contributed by atoms with E-state index in [-0.39, 0.29) is 17.0 Å². The molecule has 0 fully saturated rings. The van der Waals surface area contributed by atoms with Crippen molar-refractivity contribution in [1.29, 1.82) is 0 Å². The second kappa shape index (κ2) is 7.98. The maximum absolute atomic E-state index is 12.2. The standard InChI is InChI=1S/C17H19N3O5S/c1-4-8-18-26(23,24)14-7-5-6-13(10-14)16(21)19-20-17(22)15-9-11(2)25-12(15)3/h4-7,9-10,18H,1,8H2,2-3H3,(H,19,21)(H,20,22). The lowest BCUT2D eigenvalue weighted by Crippen LogP contribution is -2.41. The van der Waals surface area contributed by atoms with Crippen LogP contribution in [0.15, 0.2) is 52.3 Å². The lowest BCUT2D eigenvalue weighted by atomic mass is 10.2. The normalized spacial score (nSPS) is 11.0. The highest BCUT2D eigenvalue weighted by Crippen LogP contribution is 2.13. The van der Waals surface area contributed by atoms with Gasteiger partial charge in [0.25, 0.3) is 11.8 Å². The monoisotopic (exact) mass is 377 g/mol. The molecule has 3 N–H and O–H groups in total. The number of benzene rings is 1. The minimum absolute atomic E-state index is 0.0677. The molecule has 0 spiro atoms. The maximum Gasteiger partial charge on any atom is 0.273 e. The Morgan fingerprint density at radius 3 is 2.46 bits per heavy atom. The molecule has 2 aromatic rings. The van der Waals surface area contributed by atoms with Crippen LogP contribution in [0, 0.1) is 13.8 Å². The van der Waals surface area contributed by atoms with Crippen molar-refractivity contribution in [1.82, 2.24) is 15.6 Å². The first-order valence-electron chi connectivity index (χ1n) is 7.63. The Kier molecular flexibility index (Phi) is 5.96. The van der Waals surface area contributed by atoms with Crippen LogP contribution in [-0.2, 0) is 10.0 Å². The van der Waals surface area contributed by atoms with Gasteiger partial charge in [0.15, 0.2) is 0 Å². The van der Waals surface area contributed by atoms with Crippen LogP contribution in [0.25, 0.3) is 0 Å². The van der Waals surface area contributed by atoms with E-state index in [2.05, 4.69) is 22.2 Å².